The SMILES string of the molecule is COc1cccc2c(=O)[nH]cc(C(C)N(C)C(N)=O)c12. The molecule has 2 amide bonds. The summed E-state index contributed by atoms with van der Waals surface area (Å²) in [6.07, 6.45) is 1.59. The lowest BCUT2D eigenvalue weighted by molar-refractivity contribution is 0.204. The van der Waals surface area contributed by atoms with Gasteiger partial charge in [0.25, 0.3) is 5.56 Å². The highest BCUT2D eigenvalue weighted by molar-refractivity contribution is 5.91. The van der Waals surface area contributed by atoms with Crippen molar-refractivity contribution in [2.45, 2.75) is 13.0 Å². The molecule has 6 nitrogen and oxygen atoms in total. The number of ether oxygens (including phenoxy) is 1. The lowest BCUT2D eigenvalue weighted by Gasteiger charge is -2.24. The number of amides is 2. The molecule has 0 aliphatic carbocycles. The van der Waals surface area contributed by atoms with Gasteiger partial charge in [0.2, 0.25) is 0 Å². The largest absolute Gasteiger partial charge is 0.496 e. The van der Waals surface area contributed by atoms with Gasteiger partial charge in [-0.15, -0.1) is 0 Å². The number of aromatic nitrogens is 1. The van der Waals surface area contributed by atoms with Gasteiger partial charge in [0, 0.05) is 24.2 Å². The zero-order valence-corrected chi connectivity index (χ0v) is 11.6. The Labute approximate surface area is 116 Å². The molecule has 20 heavy (non-hydrogen) atoms. The van der Waals surface area contributed by atoms with Crippen LogP contribution in [-0.2, 0) is 0 Å². The Kier molecular flexibility index (Phi) is 3.65. The zero-order chi connectivity index (χ0) is 14.9. The molecule has 3 N–H and O–H groups in total. The first-order valence-corrected chi connectivity index (χ1v) is 6.18. The molecule has 0 saturated carbocycles. The summed E-state index contributed by atoms with van der Waals surface area (Å²) in [5.74, 6) is 0.591. The van der Waals surface area contributed by atoms with E-state index in [4.69, 9.17) is 10.5 Å². The number of nitrogens with two attached hydrogens (primary N) is 1. The molecule has 2 rings (SSSR count). The fourth-order valence-corrected chi connectivity index (χ4v) is 2.21. The van der Waals surface area contributed by atoms with Crippen molar-refractivity contribution >= 4 is 16.8 Å². The number of carbonyl (C=O) groups excluding carboxylic acids is 1. The van der Waals surface area contributed by atoms with Gasteiger partial charge in [0.15, 0.2) is 0 Å². The van der Waals surface area contributed by atoms with E-state index in [0.29, 0.717) is 16.5 Å². The minimum Gasteiger partial charge on any atom is -0.496 e. The van der Waals surface area contributed by atoms with Crippen LogP contribution in [0.5, 0.6) is 5.75 Å². The monoisotopic (exact) mass is 275 g/mol. The van der Waals surface area contributed by atoms with Gasteiger partial charge in [-0.05, 0) is 19.1 Å². The van der Waals surface area contributed by atoms with Crippen LogP contribution in [0, 0.1) is 0 Å². The first kappa shape index (κ1) is 13.9. The predicted octanol–water partition coefficient (Wildman–Crippen LogP) is 1.61. The molecule has 1 heterocycles. The second-order valence-electron chi connectivity index (χ2n) is 4.58. The van der Waals surface area contributed by atoms with Crippen LogP contribution in [0.25, 0.3) is 10.8 Å². The maximum atomic E-state index is 11.9. The highest BCUT2D eigenvalue weighted by atomic mass is 16.5. The van der Waals surface area contributed by atoms with Crippen LogP contribution in [-0.4, -0.2) is 30.1 Å². The number of rotatable bonds is 3. The van der Waals surface area contributed by atoms with E-state index < -0.39 is 6.03 Å². The van der Waals surface area contributed by atoms with Crippen molar-refractivity contribution in [1.82, 2.24) is 9.88 Å². The van der Waals surface area contributed by atoms with E-state index in [1.165, 1.54) is 4.90 Å². The van der Waals surface area contributed by atoms with Crippen LogP contribution < -0.4 is 16.0 Å². The second kappa shape index (κ2) is 5.24. The predicted molar refractivity (Wildman–Crippen MR) is 76.9 cm³/mol. The summed E-state index contributed by atoms with van der Waals surface area (Å²) >= 11 is 0. The van der Waals surface area contributed by atoms with E-state index in [9.17, 15) is 9.59 Å². The number of benzene rings is 1. The molecule has 0 fully saturated rings. The summed E-state index contributed by atoms with van der Waals surface area (Å²) in [6.45, 7) is 1.84. The van der Waals surface area contributed by atoms with Crippen LogP contribution in [0.4, 0.5) is 4.79 Å². The number of methoxy groups -OCH3 is 1. The Morgan fingerprint density at radius 3 is 2.75 bits per heavy atom. The van der Waals surface area contributed by atoms with Crippen molar-refractivity contribution in [1.29, 1.82) is 0 Å². The lowest BCUT2D eigenvalue weighted by atomic mass is 10.0. The van der Waals surface area contributed by atoms with E-state index >= 15 is 0 Å². The van der Waals surface area contributed by atoms with Crippen LogP contribution >= 0.6 is 0 Å². The van der Waals surface area contributed by atoms with Gasteiger partial charge in [-0.25, -0.2) is 4.79 Å². The molecule has 0 radical (unpaired) electrons. The van der Waals surface area contributed by atoms with E-state index in [1.807, 2.05) is 6.92 Å². The van der Waals surface area contributed by atoms with Crippen LogP contribution in [0.15, 0.2) is 29.2 Å². The highest BCUT2D eigenvalue weighted by Gasteiger charge is 2.20. The van der Waals surface area contributed by atoms with Gasteiger partial charge in [0.1, 0.15) is 5.75 Å². The quantitative estimate of drug-likeness (QED) is 0.891. The highest BCUT2D eigenvalue weighted by Crippen LogP contribution is 2.31. The van der Waals surface area contributed by atoms with Gasteiger partial charge in [-0.3, -0.25) is 4.79 Å². The van der Waals surface area contributed by atoms with Gasteiger partial charge >= 0.3 is 6.03 Å². The molecule has 1 aromatic carbocycles. The van der Waals surface area contributed by atoms with Gasteiger partial charge in [-0.2, -0.15) is 0 Å². The van der Waals surface area contributed by atoms with Crippen molar-refractivity contribution in [2.75, 3.05) is 14.2 Å². The van der Waals surface area contributed by atoms with E-state index in [0.717, 1.165) is 5.56 Å². The summed E-state index contributed by atoms with van der Waals surface area (Å²) in [7, 11) is 3.15. The number of nitrogens with one attached hydrogen (secondary N) is 1. The number of urea groups is 1. The molecule has 0 bridgehead atoms. The number of pyridine rings is 1. The van der Waals surface area contributed by atoms with Gasteiger partial charge in [-0.1, -0.05) is 6.07 Å². The van der Waals surface area contributed by atoms with Crippen molar-refractivity contribution in [3.8, 4) is 5.75 Å². The smallest absolute Gasteiger partial charge is 0.315 e. The number of hydrogen-bond acceptors (Lipinski definition) is 3. The molecular weight excluding hydrogens is 258 g/mol. The van der Waals surface area contributed by atoms with Crippen LogP contribution in [0.2, 0.25) is 0 Å². The molecule has 106 valence electrons. The number of fused-ring (bicyclic) bond motifs is 1. The zero-order valence-electron chi connectivity index (χ0n) is 11.6. The summed E-state index contributed by atoms with van der Waals surface area (Å²) in [4.78, 5) is 27.3. The summed E-state index contributed by atoms with van der Waals surface area (Å²) < 4.78 is 5.33. The third-order valence-corrected chi connectivity index (χ3v) is 3.52. The fraction of sp³-hybridized carbons (Fsp3) is 0.286. The summed E-state index contributed by atoms with van der Waals surface area (Å²) in [5.41, 5.74) is 5.88. The van der Waals surface area contributed by atoms with E-state index in [2.05, 4.69) is 4.98 Å². The molecule has 1 aromatic heterocycles. The maximum Gasteiger partial charge on any atom is 0.315 e. The van der Waals surface area contributed by atoms with E-state index in [1.54, 1.807) is 38.6 Å². The fourth-order valence-electron chi connectivity index (χ4n) is 2.21. The Bertz CT molecular complexity index is 708. The number of hydrogen-bond donors (Lipinski definition) is 2. The minimum absolute atomic E-state index is 0.198. The summed E-state index contributed by atoms with van der Waals surface area (Å²) in [5, 5.41) is 1.21. The maximum absolute atomic E-state index is 11.9. The average Bonchev–Trinajstić information content (AvgIpc) is 2.45. The van der Waals surface area contributed by atoms with Crippen molar-refractivity contribution < 1.29 is 9.53 Å². The topological polar surface area (TPSA) is 88.4 Å². The first-order valence-electron chi connectivity index (χ1n) is 6.18. The second-order valence-corrected chi connectivity index (χ2v) is 4.58. The van der Waals surface area contributed by atoms with Crippen molar-refractivity contribution in [3.63, 3.8) is 0 Å². The third kappa shape index (κ3) is 2.20. The molecule has 0 spiro atoms. The van der Waals surface area contributed by atoms with Crippen molar-refractivity contribution in [2.24, 2.45) is 5.73 Å². The number of carbonyl (C=O) groups is 1. The summed E-state index contributed by atoms with van der Waals surface area (Å²) in [6, 6.07) is 4.43. The van der Waals surface area contributed by atoms with E-state index in [-0.39, 0.29) is 11.6 Å². The number of H-pyrrole nitrogens is 1. The number of aromatic amines is 1. The first-order chi connectivity index (χ1) is 9.47. The third-order valence-electron chi connectivity index (χ3n) is 3.52. The van der Waals surface area contributed by atoms with Gasteiger partial charge < -0.3 is 20.4 Å². The lowest BCUT2D eigenvalue weighted by Crippen LogP contribution is -2.34. The average molecular weight is 275 g/mol. The Morgan fingerprint density at radius 2 is 2.15 bits per heavy atom. The molecule has 0 saturated heterocycles. The molecule has 0 aliphatic heterocycles. The molecule has 2 aromatic rings. The normalized spacial score (nSPS) is 12.2. The van der Waals surface area contributed by atoms with Crippen LogP contribution in [0.1, 0.15) is 18.5 Å². The minimum atomic E-state index is -0.535. The molecule has 1 unspecified atom stereocenters. The molecular formula is C14H17N3O3. The van der Waals surface area contributed by atoms with Crippen molar-refractivity contribution in [3.05, 3.63) is 40.3 Å². The molecule has 6 heteroatoms. The molecule has 0 aliphatic rings. The number of primary amides is 1. The Balaban J connectivity index is 2.74. The van der Waals surface area contributed by atoms with Crippen LogP contribution in [0.3, 0.4) is 0 Å². The Morgan fingerprint density at radius 1 is 1.45 bits per heavy atom. The van der Waals surface area contributed by atoms with Gasteiger partial charge in [0.05, 0.1) is 18.5 Å². The standard InChI is InChI=1S/C14H17N3O3/c1-8(17(2)14(15)19)10-7-16-13(18)9-5-4-6-11(20-3)12(9)10/h4-8H,1-3H3,(H2,15,19)(H,16,18). The molecule has 1 atom stereocenters. The Hall–Kier alpha value is -2.50. The number of nitrogens with zero attached hydrogens (tertiary/aromatic N) is 1.